The summed E-state index contributed by atoms with van der Waals surface area (Å²) in [5.41, 5.74) is 0.932. The Morgan fingerprint density at radius 3 is 2.65 bits per heavy atom. The summed E-state index contributed by atoms with van der Waals surface area (Å²) in [6.45, 7) is 3.13. The van der Waals surface area contributed by atoms with E-state index in [1.54, 1.807) is 20.1 Å². The molecule has 0 fully saturated rings. The molecule has 2 nitrogen and oxygen atoms in total. The first-order valence-electron chi connectivity index (χ1n) is 6.14. The summed E-state index contributed by atoms with van der Waals surface area (Å²) in [6, 6.07) is 10.6. The molecule has 2 aromatic rings. The summed E-state index contributed by atoms with van der Waals surface area (Å²) in [4.78, 5) is 13.3. The lowest BCUT2D eigenvalue weighted by Gasteiger charge is -2.10. The van der Waals surface area contributed by atoms with Crippen LogP contribution in [0.15, 0.2) is 46.2 Å². The molecule has 2 rings (SSSR count). The molecule has 0 aliphatic heterocycles. The van der Waals surface area contributed by atoms with E-state index in [0.29, 0.717) is 11.1 Å². The van der Waals surface area contributed by atoms with Crippen LogP contribution in [0.4, 0.5) is 4.39 Å². The molecule has 0 amide bonds. The Morgan fingerprint density at radius 2 is 2.00 bits per heavy atom. The predicted molar refractivity (Wildman–Crippen MR) is 78.3 cm³/mol. The van der Waals surface area contributed by atoms with Crippen LogP contribution in [0.3, 0.4) is 0 Å². The first-order chi connectivity index (χ1) is 9.51. The van der Waals surface area contributed by atoms with Gasteiger partial charge in [0.1, 0.15) is 11.6 Å². The first-order valence-corrected chi connectivity index (χ1v) is 6.96. The molecule has 0 bridgehead atoms. The van der Waals surface area contributed by atoms with Crippen LogP contribution in [0.5, 0.6) is 5.75 Å². The van der Waals surface area contributed by atoms with Crippen molar-refractivity contribution in [1.82, 2.24) is 0 Å². The smallest absolute Gasteiger partial charge is 0.161 e. The Balaban J connectivity index is 2.41. The quantitative estimate of drug-likeness (QED) is 0.776. The van der Waals surface area contributed by atoms with Crippen molar-refractivity contribution in [3.63, 3.8) is 0 Å². The fraction of sp³-hybridized carbons (Fsp3) is 0.188. The van der Waals surface area contributed by atoms with Gasteiger partial charge in [-0.15, -0.1) is 0 Å². The van der Waals surface area contributed by atoms with Gasteiger partial charge in [-0.05, 0) is 49.7 Å². The average Bonchev–Trinajstić information content (AvgIpc) is 2.42. The van der Waals surface area contributed by atoms with Crippen LogP contribution < -0.4 is 4.74 Å². The molecule has 0 aromatic heterocycles. The highest BCUT2D eigenvalue weighted by Crippen LogP contribution is 2.34. The first kappa shape index (κ1) is 14.6. The monoisotopic (exact) mass is 290 g/mol. The van der Waals surface area contributed by atoms with E-state index >= 15 is 0 Å². The molecule has 0 saturated carbocycles. The zero-order chi connectivity index (χ0) is 14.7. The van der Waals surface area contributed by atoms with E-state index in [0.717, 1.165) is 15.5 Å². The van der Waals surface area contributed by atoms with E-state index in [1.807, 2.05) is 24.3 Å². The van der Waals surface area contributed by atoms with Gasteiger partial charge in [0.15, 0.2) is 5.78 Å². The Kier molecular flexibility index (Phi) is 4.45. The highest BCUT2D eigenvalue weighted by Gasteiger charge is 2.12. The molecule has 0 radical (unpaired) electrons. The molecule has 0 N–H and O–H groups in total. The number of hydrogen-bond donors (Lipinski definition) is 0. The van der Waals surface area contributed by atoms with Gasteiger partial charge in [-0.1, -0.05) is 17.8 Å². The summed E-state index contributed by atoms with van der Waals surface area (Å²) < 4.78 is 18.8. The fourth-order valence-electron chi connectivity index (χ4n) is 1.81. The van der Waals surface area contributed by atoms with Crippen molar-refractivity contribution in [2.24, 2.45) is 0 Å². The van der Waals surface area contributed by atoms with Gasteiger partial charge in [0.2, 0.25) is 0 Å². The Labute approximate surface area is 122 Å². The largest absolute Gasteiger partial charge is 0.497 e. The molecule has 2 aromatic carbocycles. The molecular weight excluding hydrogens is 275 g/mol. The van der Waals surface area contributed by atoms with Gasteiger partial charge in [0.25, 0.3) is 0 Å². The number of aryl methyl sites for hydroxylation is 1. The zero-order valence-electron chi connectivity index (χ0n) is 11.6. The van der Waals surface area contributed by atoms with Crippen LogP contribution >= 0.6 is 11.8 Å². The van der Waals surface area contributed by atoms with Gasteiger partial charge in [0.05, 0.1) is 7.11 Å². The molecule has 0 saturated heterocycles. The molecule has 104 valence electrons. The van der Waals surface area contributed by atoms with Gasteiger partial charge >= 0.3 is 0 Å². The van der Waals surface area contributed by atoms with E-state index in [4.69, 9.17) is 4.74 Å². The van der Waals surface area contributed by atoms with Crippen LogP contribution in [0, 0.1) is 12.7 Å². The van der Waals surface area contributed by atoms with Crippen molar-refractivity contribution < 1.29 is 13.9 Å². The lowest BCUT2D eigenvalue weighted by atomic mass is 10.1. The van der Waals surface area contributed by atoms with Crippen molar-refractivity contribution in [1.29, 1.82) is 0 Å². The van der Waals surface area contributed by atoms with Crippen LogP contribution in [0.2, 0.25) is 0 Å². The van der Waals surface area contributed by atoms with Crippen molar-refractivity contribution in [3.8, 4) is 5.75 Å². The van der Waals surface area contributed by atoms with Crippen molar-refractivity contribution in [2.45, 2.75) is 23.6 Å². The third-order valence-electron chi connectivity index (χ3n) is 2.91. The molecule has 0 aliphatic carbocycles. The van der Waals surface area contributed by atoms with Crippen LogP contribution in [-0.2, 0) is 0 Å². The van der Waals surface area contributed by atoms with Gasteiger partial charge in [-0.25, -0.2) is 4.39 Å². The predicted octanol–water partition coefficient (Wildman–Crippen LogP) is 4.50. The Bertz CT molecular complexity index is 653. The SMILES string of the molecule is COc1cccc(Sc2cc(C)c(F)cc2C(C)=O)c1. The molecule has 0 atom stereocenters. The number of ether oxygens (including phenoxy) is 1. The van der Waals surface area contributed by atoms with E-state index in [9.17, 15) is 9.18 Å². The van der Waals surface area contributed by atoms with Gasteiger partial charge in [0, 0.05) is 15.4 Å². The lowest BCUT2D eigenvalue weighted by molar-refractivity contribution is 0.101. The minimum Gasteiger partial charge on any atom is -0.497 e. The fourth-order valence-corrected chi connectivity index (χ4v) is 2.93. The number of rotatable bonds is 4. The highest BCUT2D eigenvalue weighted by atomic mass is 32.2. The molecule has 20 heavy (non-hydrogen) atoms. The third kappa shape index (κ3) is 3.20. The summed E-state index contributed by atoms with van der Waals surface area (Å²) in [6.07, 6.45) is 0. The second-order valence-electron chi connectivity index (χ2n) is 4.43. The van der Waals surface area contributed by atoms with E-state index in [1.165, 1.54) is 24.8 Å². The third-order valence-corrected chi connectivity index (χ3v) is 3.96. The molecule has 4 heteroatoms. The summed E-state index contributed by atoms with van der Waals surface area (Å²) >= 11 is 1.43. The zero-order valence-corrected chi connectivity index (χ0v) is 12.4. The van der Waals surface area contributed by atoms with Crippen molar-refractivity contribution in [3.05, 3.63) is 53.3 Å². The van der Waals surface area contributed by atoms with E-state index in [-0.39, 0.29) is 11.6 Å². The molecule has 0 spiro atoms. The van der Waals surface area contributed by atoms with Crippen LogP contribution in [0.1, 0.15) is 22.8 Å². The molecule has 0 heterocycles. The summed E-state index contributed by atoms with van der Waals surface area (Å²) in [7, 11) is 1.60. The number of Topliss-reactive ketones (excluding diaryl/α,β-unsaturated/α-hetero) is 1. The number of halogens is 1. The maximum atomic E-state index is 13.6. The highest BCUT2D eigenvalue weighted by molar-refractivity contribution is 7.99. The van der Waals surface area contributed by atoms with Gasteiger partial charge in [-0.3, -0.25) is 4.79 Å². The number of hydrogen-bond acceptors (Lipinski definition) is 3. The van der Waals surface area contributed by atoms with E-state index < -0.39 is 0 Å². The van der Waals surface area contributed by atoms with E-state index in [2.05, 4.69) is 0 Å². The molecule has 0 aliphatic rings. The Hall–Kier alpha value is -1.81. The lowest BCUT2D eigenvalue weighted by Crippen LogP contribution is -1.98. The minimum atomic E-state index is -0.356. The summed E-state index contributed by atoms with van der Waals surface area (Å²) in [5.74, 6) is 0.248. The molecule has 0 unspecified atom stereocenters. The normalized spacial score (nSPS) is 10.4. The number of carbonyl (C=O) groups excluding carboxylic acids is 1. The number of ketones is 1. The van der Waals surface area contributed by atoms with Crippen LogP contribution in [-0.4, -0.2) is 12.9 Å². The van der Waals surface area contributed by atoms with Gasteiger partial charge in [-0.2, -0.15) is 0 Å². The van der Waals surface area contributed by atoms with Crippen molar-refractivity contribution >= 4 is 17.5 Å². The van der Waals surface area contributed by atoms with Gasteiger partial charge < -0.3 is 4.74 Å². The number of benzene rings is 2. The maximum Gasteiger partial charge on any atom is 0.161 e. The summed E-state index contributed by atoms with van der Waals surface area (Å²) in [5, 5.41) is 0. The Morgan fingerprint density at radius 1 is 1.25 bits per heavy atom. The number of methoxy groups -OCH3 is 1. The average molecular weight is 290 g/mol. The van der Waals surface area contributed by atoms with Crippen molar-refractivity contribution in [2.75, 3.05) is 7.11 Å². The second kappa shape index (κ2) is 6.09. The standard InChI is InChI=1S/C16H15FO2S/c1-10-7-16(14(11(2)18)9-15(10)17)20-13-6-4-5-12(8-13)19-3/h4-9H,1-3H3. The number of carbonyl (C=O) groups is 1. The minimum absolute atomic E-state index is 0.144. The van der Waals surface area contributed by atoms with Crippen LogP contribution in [0.25, 0.3) is 0 Å². The topological polar surface area (TPSA) is 26.3 Å². The second-order valence-corrected chi connectivity index (χ2v) is 5.55. The molecular formula is C16H15FO2S. The maximum absolute atomic E-state index is 13.6.